The van der Waals surface area contributed by atoms with Crippen molar-refractivity contribution in [1.29, 1.82) is 0 Å². The van der Waals surface area contributed by atoms with Crippen LogP contribution in [-0.4, -0.2) is 26.2 Å². The van der Waals surface area contributed by atoms with Crippen molar-refractivity contribution in [2.24, 2.45) is 10.9 Å². The maximum Gasteiger partial charge on any atom is 0.191 e. The van der Waals surface area contributed by atoms with E-state index in [4.69, 9.17) is 4.74 Å². The topological polar surface area (TPSA) is 45.7 Å². The summed E-state index contributed by atoms with van der Waals surface area (Å²) in [6.07, 6.45) is 2.29. The van der Waals surface area contributed by atoms with E-state index in [1.165, 1.54) is 12.5 Å². The molecule has 6 heteroatoms. The van der Waals surface area contributed by atoms with Crippen LogP contribution in [0.15, 0.2) is 23.2 Å². The molecule has 0 aliphatic carbocycles. The molecule has 0 radical (unpaired) electrons. The molecule has 0 aromatic heterocycles. The first-order valence-corrected chi connectivity index (χ1v) is 8.19. The zero-order valence-electron chi connectivity index (χ0n) is 15.4. The van der Waals surface area contributed by atoms with E-state index in [1.54, 1.807) is 20.2 Å². The first-order chi connectivity index (χ1) is 11.0. The van der Waals surface area contributed by atoms with Gasteiger partial charge < -0.3 is 15.4 Å². The van der Waals surface area contributed by atoms with Gasteiger partial charge in [-0.15, -0.1) is 24.0 Å². The van der Waals surface area contributed by atoms with Gasteiger partial charge in [0.15, 0.2) is 5.96 Å². The monoisotopic (exact) mass is 451 g/mol. The molecule has 2 N–H and O–H groups in total. The second-order valence-corrected chi connectivity index (χ2v) is 6.30. The van der Waals surface area contributed by atoms with Gasteiger partial charge in [-0.3, -0.25) is 4.99 Å². The highest BCUT2D eigenvalue weighted by atomic mass is 127. The van der Waals surface area contributed by atoms with Crippen molar-refractivity contribution in [2.75, 3.05) is 14.2 Å². The summed E-state index contributed by atoms with van der Waals surface area (Å²) >= 11 is 0. The molecule has 4 nitrogen and oxygen atoms in total. The van der Waals surface area contributed by atoms with E-state index in [1.807, 2.05) is 6.07 Å². The average molecular weight is 451 g/mol. The Morgan fingerprint density at radius 1 is 1.25 bits per heavy atom. The Labute approximate surface area is 162 Å². The van der Waals surface area contributed by atoms with Crippen molar-refractivity contribution in [3.8, 4) is 0 Å². The van der Waals surface area contributed by atoms with Gasteiger partial charge in [0.25, 0.3) is 0 Å². The van der Waals surface area contributed by atoms with Crippen LogP contribution in [0.3, 0.4) is 0 Å². The number of hydrogen-bond acceptors (Lipinski definition) is 2. The molecule has 0 spiro atoms. The summed E-state index contributed by atoms with van der Waals surface area (Å²) in [6.45, 7) is 7.48. The molecule has 1 rings (SSSR count). The van der Waals surface area contributed by atoms with Gasteiger partial charge in [0.05, 0.1) is 6.61 Å². The second-order valence-electron chi connectivity index (χ2n) is 6.30. The molecule has 24 heavy (non-hydrogen) atoms. The zero-order chi connectivity index (χ0) is 17.2. The Bertz CT molecular complexity index is 509. The van der Waals surface area contributed by atoms with Gasteiger partial charge in [-0.05, 0) is 43.4 Å². The van der Waals surface area contributed by atoms with Gasteiger partial charge in [0.2, 0.25) is 0 Å². The van der Waals surface area contributed by atoms with E-state index in [9.17, 15) is 4.39 Å². The van der Waals surface area contributed by atoms with Crippen molar-refractivity contribution >= 4 is 29.9 Å². The molecule has 1 unspecified atom stereocenters. The third-order valence-corrected chi connectivity index (χ3v) is 3.65. The summed E-state index contributed by atoms with van der Waals surface area (Å²) in [5, 5.41) is 6.65. The molecular formula is C18H31FIN3O. The normalized spacial score (nSPS) is 12.7. The number of nitrogens with zero attached hydrogens (tertiary/aromatic N) is 1. The van der Waals surface area contributed by atoms with Crippen LogP contribution in [-0.2, 0) is 17.9 Å². The minimum absolute atomic E-state index is 0. The summed E-state index contributed by atoms with van der Waals surface area (Å²) in [5.74, 6) is 1.23. The van der Waals surface area contributed by atoms with Gasteiger partial charge in [-0.25, -0.2) is 4.39 Å². The van der Waals surface area contributed by atoms with Crippen LogP contribution in [0.25, 0.3) is 0 Å². The summed E-state index contributed by atoms with van der Waals surface area (Å²) in [6, 6.07) is 5.44. The van der Waals surface area contributed by atoms with E-state index in [2.05, 4.69) is 36.4 Å². The van der Waals surface area contributed by atoms with Crippen LogP contribution in [0.5, 0.6) is 0 Å². The van der Waals surface area contributed by atoms with Crippen LogP contribution in [0.1, 0.15) is 44.7 Å². The number of halogens is 2. The highest BCUT2D eigenvalue weighted by Crippen LogP contribution is 2.11. The Morgan fingerprint density at radius 3 is 2.54 bits per heavy atom. The van der Waals surface area contributed by atoms with E-state index in [0.717, 1.165) is 17.9 Å². The zero-order valence-corrected chi connectivity index (χ0v) is 17.7. The molecule has 1 aromatic carbocycles. The van der Waals surface area contributed by atoms with Gasteiger partial charge >= 0.3 is 0 Å². The smallest absolute Gasteiger partial charge is 0.191 e. The lowest BCUT2D eigenvalue weighted by molar-refractivity contribution is 0.181. The van der Waals surface area contributed by atoms with Crippen LogP contribution >= 0.6 is 24.0 Å². The van der Waals surface area contributed by atoms with Gasteiger partial charge in [-0.1, -0.05) is 19.9 Å². The molecule has 0 fully saturated rings. The number of methoxy groups -OCH3 is 1. The molecule has 0 saturated carbocycles. The minimum atomic E-state index is -0.236. The van der Waals surface area contributed by atoms with Crippen LogP contribution in [0, 0.1) is 11.7 Å². The quantitative estimate of drug-likeness (QED) is 0.356. The van der Waals surface area contributed by atoms with Crippen molar-refractivity contribution in [2.45, 2.75) is 52.8 Å². The fourth-order valence-electron chi connectivity index (χ4n) is 2.27. The average Bonchev–Trinajstić information content (AvgIpc) is 2.52. The van der Waals surface area contributed by atoms with Gasteiger partial charge in [-0.2, -0.15) is 0 Å². The number of ether oxygens (including phenoxy) is 1. The second kappa shape index (κ2) is 12.5. The highest BCUT2D eigenvalue weighted by molar-refractivity contribution is 14.0. The molecule has 0 aliphatic rings. The van der Waals surface area contributed by atoms with E-state index in [0.29, 0.717) is 24.1 Å². The molecule has 0 aliphatic heterocycles. The van der Waals surface area contributed by atoms with Crippen LogP contribution in [0.4, 0.5) is 4.39 Å². The van der Waals surface area contributed by atoms with Crippen molar-refractivity contribution in [1.82, 2.24) is 10.6 Å². The molecule has 0 saturated heterocycles. The number of hydrogen-bond donors (Lipinski definition) is 2. The van der Waals surface area contributed by atoms with E-state index < -0.39 is 0 Å². The Hall–Kier alpha value is -0.890. The van der Waals surface area contributed by atoms with E-state index in [-0.39, 0.29) is 36.4 Å². The third-order valence-electron chi connectivity index (χ3n) is 3.65. The lowest BCUT2D eigenvalue weighted by Crippen LogP contribution is -2.41. The molecule has 1 atom stereocenters. The maximum atomic E-state index is 13.6. The standard InChI is InChI=1S/C18H30FN3O.HI/c1-13(2)6-7-14(3)22-18(20-4)21-11-15-8-9-17(19)16(10-15)12-23-5;/h8-10,13-14H,6-7,11-12H2,1-5H3,(H2,20,21,22);1H. The third kappa shape index (κ3) is 8.82. The molecule has 0 bridgehead atoms. The maximum absolute atomic E-state index is 13.6. The Balaban J connectivity index is 0.00000529. The number of guanidine groups is 1. The lowest BCUT2D eigenvalue weighted by Gasteiger charge is -2.19. The van der Waals surface area contributed by atoms with Crippen LogP contribution in [0.2, 0.25) is 0 Å². The summed E-state index contributed by atoms with van der Waals surface area (Å²) < 4.78 is 18.6. The van der Waals surface area contributed by atoms with Gasteiger partial charge in [0.1, 0.15) is 5.82 Å². The first-order valence-electron chi connectivity index (χ1n) is 8.19. The number of nitrogens with one attached hydrogen (secondary N) is 2. The predicted octanol–water partition coefficient (Wildman–Crippen LogP) is 4.08. The summed E-state index contributed by atoms with van der Waals surface area (Å²) in [4.78, 5) is 4.24. The Kier molecular flexibility index (Phi) is 12.0. The largest absolute Gasteiger partial charge is 0.380 e. The number of benzene rings is 1. The summed E-state index contributed by atoms with van der Waals surface area (Å²) in [7, 11) is 3.32. The van der Waals surface area contributed by atoms with Crippen molar-refractivity contribution < 1.29 is 9.13 Å². The predicted molar refractivity (Wildman–Crippen MR) is 109 cm³/mol. The SMILES string of the molecule is CN=C(NCc1ccc(F)c(COC)c1)NC(C)CCC(C)C.I. The Morgan fingerprint density at radius 2 is 1.96 bits per heavy atom. The molecule has 138 valence electrons. The molecule has 1 aromatic rings. The number of aliphatic imine (C=N–C) groups is 1. The summed E-state index contributed by atoms with van der Waals surface area (Å²) in [5.41, 5.74) is 1.57. The number of rotatable bonds is 8. The fourth-order valence-corrected chi connectivity index (χ4v) is 2.27. The van der Waals surface area contributed by atoms with Crippen molar-refractivity contribution in [3.63, 3.8) is 0 Å². The molecule has 0 amide bonds. The lowest BCUT2D eigenvalue weighted by atomic mass is 10.0. The van der Waals surface area contributed by atoms with Crippen molar-refractivity contribution in [3.05, 3.63) is 35.1 Å². The fraction of sp³-hybridized carbons (Fsp3) is 0.611. The first kappa shape index (κ1) is 23.1. The molecule has 0 heterocycles. The van der Waals surface area contributed by atoms with Crippen LogP contribution < -0.4 is 10.6 Å². The highest BCUT2D eigenvalue weighted by Gasteiger charge is 2.07. The minimum Gasteiger partial charge on any atom is -0.380 e. The molecular weight excluding hydrogens is 420 g/mol. The van der Waals surface area contributed by atoms with E-state index >= 15 is 0 Å². The van der Waals surface area contributed by atoms with Gasteiger partial charge in [0, 0.05) is 32.3 Å².